The number of nitrogens with one attached hydrogen (secondary N) is 2. The van der Waals surface area contributed by atoms with Crippen LogP contribution in [0.4, 0.5) is 24.5 Å². The SMILES string of the molecule is CC(CC(F)(F)F)NCc1cc(N(C)C)c2c(c1O)C(O)=C1C(=O)[C@]3(O)C(O)=C(C(N)=O)C(=O)[C@@H](N(C)C)[C@@H]3C[C@@H]1C2.CN(C)c1cc(CNC(C)(C)C)c(O)c2c1C[C@H]1C[C@@]3(C)[C@H](N(C)C)C(=O)C(C(N)=O)=C(O)[C@@]3(O)C(=O)C1=C2O. The van der Waals surface area contributed by atoms with Gasteiger partial charge in [-0.1, -0.05) is 6.92 Å². The van der Waals surface area contributed by atoms with Gasteiger partial charge in [-0.2, -0.15) is 13.2 Å². The second kappa shape index (κ2) is 21.3. The number of phenols is 2. The molecular formula is C57H75F3N8O14. The van der Waals surface area contributed by atoms with Crippen LogP contribution in [0.3, 0.4) is 0 Å². The Kier molecular flexibility index (Phi) is 16.3. The summed E-state index contributed by atoms with van der Waals surface area (Å²) in [6, 6.07) is 0.0718. The van der Waals surface area contributed by atoms with E-state index < -0.39 is 140 Å². The molecule has 25 heteroatoms. The van der Waals surface area contributed by atoms with Gasteiger partial charge in [-0.15, -0.1) is 0 Å². The lowest BCUT2D eigenvalue weighted by Crippen LogP contribution is -2.71. The molecule has 2 amide bonds. The maximum Gasteiger partial charge on any atom is 0.390 e. The number of amides is 2. The zero-order valence-electron chi connectivity index (χ0n) is 48.2. The first-order chi connectivity index (χ1) is 37.6. The van der Waals surface area contributed by atoms with Crippen LogP contribution in [0.1, 0.15) is 87.3 Å². The summed E-state index contributed by atoms with van der Waals surface area (Å²) in [5.41, 5.74) is 4.18. The number of alkyl halides is 3. The topological polar surface area (TPSA) is 353 Å². The van der Waals surface area contributed by atoms with Crippen LogP contribution in [-0.4, -0.2) is 183 Å². The summed E-state index contributed by atoms with van der Waals surface area (Å²) in [7, 11) is 13.3. The number of Topliss-reactive ketones (excluding diaryl/α,β-unsaturated/α-hetero) is 4. The van der Waals surface area contributed by atoms with E-state index in [1.54, 1.807) is 39.2 Å². The van der Waals surface area contributed by atoms with Crippen LogP contribution in [0, 0.1) is 23.2 Å². The number of aromatic hydroxyl groups is 2. The maximum atomic E-state index is 14.2. The summed E-state index contributed by atoms with van der Waals surface area (Å²) in [4.78, 5) is 85.7. The molecule has 0 aromatic heterocycles. The number of carbonyl (C=O) groups is 6. The van der Waals surface area contributed by atoms with Gasteiger partial charge in [-0.3, -0.25) is 38.6 Å². The zero-order chi connectivity index (χ0) is 61.9. The van der Waals surface area contributed by atoms with Gasteiger partial charge in [0.15, 0.2) is 22.8 Å². The molecule has 448 valence electrons. The highest BCUT2D eigenvalue weighted by atomic mass is 19.4. The van der Waals surface area contributed by atoms with Gasteiger partial charge in [0.2, 0.25) is 11.6 Å². The van der Waals surface area contributed by atoms with E-state index in [-0.39, 0.29) is 77.9 Å². The Morgan fingerprint density at radius 2 is 1.17 bits per heavy atom. The molecule has 0 saturated heterocycles. The molecule has 8 rings (SSSR count). The monoisotopic (exact) mass is 1150 g/mol. The molecule has 0 aliphatic heterocycles. The number of halogens is 3. The van der Waals surface area contributed by atoms with Crippen LogP contribution in [0.2, 0.25) is 0 Å². The molecule has 2 aromatic rings. The van der Waals surface area contributed by atoms with Gasteiger partial charge in [-0.25, -0.2) is 0 Å². The normalized spacial score (nSPS) is 27.5. The molecule has 0 heterocycles. The molecule has 1 unspecified atom stereocenters. The van der Waals surface area contributed by atoms with E-state index in [4.69, 9.17) is 11.5 Å². The molecule has 2 fully saturated rings. The predicted octanol–water partition coefficient (Wildman–Crippen LogP) is 2.77. The average Bonchev–Trinajstić information content (AvgIpc) is 1.80. The van der Waals surface area contributed by atoms with Crippen molar-refractivity contribution in [2.24, 2.45) is 34.6 Å². The third-order valence-electron chi connectivity index (χ3n) is 17.1. The summed E-state index contributed by atoms with van der Waals surface area (Å²) < 4.78 is 38.5. The lowest BCUT2D eigenvalue weighted by Gasteiger charge is -2.57. The fourth-order valence-electron chi connectivity index (χ4n) is 13.4. The molecule has 2 aromatic carbocycles. The molecule has 0 bridgehead atoms. The van der Waals surface area contributed by atoms with Crippen LogP contribution in [0.15, 0.2) is 45.9 Å². The highest BCUT2D eigenvalue weighted by Crippen LogP contribution is 2.60. The van der Waals surface area contributed by atoms with Crippen molar-refractivity contribution in [1.82, 2.24) is 20.4 Å². The molecule has 0 radical (unpaired) electrons. The van der Waals surface area contributed by atoms with E-state index in [0.29, 0.717) is 22.4 Å². The van der Waals surface area contributed by atoms with E-state index in [0.717, 1.165) is 5.69 Å². The highest BCUT2D eigenvalue weighted by molar-refractivity contribution is 6.26. The van der Waals surface area contributed by atoms with Crippen molar-refractivity contribution in [1.29, 1.82) is 0 Å². The number of benzene rings is 2. The van der Waals surface area contributed by atoms with E-state index in [2.05, 4.69) is 10.6 Å². The number of aliphatic hydroxyl groups is 6. The maximum absolute atomic E-state index is 14.2. The Bertz CT molecular complexity index is 3230. The molecule has 2 saturated carbocycles. The molecule has 6 aliphatic rings. The highest BCUT2D eigenvalue weighted by Gasteiger charge is 2.71. The van der Waals surface area contributed by atoms with Crippen LogP contribution in [0.5, 0.6) is 11.5 Å². The molecule has 9 atom stereocenters. The van der Waals surface area contributed by atoms with E-state index >= 15 is 0 Å². The van der Waals surface area contributed by atoms with Crippen molar-refractivity contribution in [3.05, 3.63) is 79.3 Å². The minimum absolute atomic E-state index is 0.0136. The van der Waals surface area contributed by atoms with Gasteiger partial charge in [0.25, 0.3) is 11.8 Å². The number of carbonyl (C=O) groups excluding carboxylic acids is 6. The Labute approximate surface area is 472 Å². The number of fused-ring (bicyclic) bond motifs is 6. The standard InChI is InChI=1S/C29H40N4O7.C28H35F3N4O7/c1-27(2,3)31-12-14-10-16(32(5)6)15-9-13-11-28(4)23(33(7)8)22(36)19(26(30)39)25(38)29(28,40)24(37)17(13)21(35)18(15)20(14)34;1-11(9-27(29,30)31)33-10-13-8-16(34(2)3)14-6-12-7-15-20(35(4)5)23(38)19(26(32)41)25(40)28(15,42)24(39)17(12)22(37)18(14)21(13)36/h10,13,23,31,34-35,38,40H,9,11-12H2,1-8H3,(H2,30,39);8,11-12,15,20,33,36-37,40,42H,6-7,9-10H2,1-5H3,(H2,32,41)/t13-,23+,28-,29-;11?,12-,15-,20-,28-/m00/s1. The Balaban J connectivity index is 0.000000236. The van der Waals surface area contributed by atoms with Crippen molar-refractivity contribution in [2.75, 3.05) is 66.2 Å². The van der Waals surface area contributed by atoms with Gasteiger partial charge in [0.05, 0.1) is 29.6 Å². The third-order valence-corrected chi connectivity index (χ3v) is 17.1. The summed E-state index contributed by atoms with van der Waals surface area (Å²) in [6.07, 6.45) is -5.24. The molecule has 0 spiro atoms. The lowest BCUT2D eigenvalue weighted by atomic mass is 9.50. The van der Waals surface area contributed by atoms with Gasteiger partial charge < -0.3 is 72.8 Å². The van der Waals surface area contributed by atoms with Crippen molar-refractivity contribution < 1.29 is 82.8 Å². The Morgan fingerprint density at radius 3 is 1.61 bits per heavy atom. The quantitative estimate of drug-likeness (QED) is 0.136. The van der Waals surface area contributed by atoms with E-state index in [9.17, 15) is 82.8 Å². The number of likely N-dealkylation sites (N-methyl/N-ethyl adjacent to an activating group) is 2. The lowest BCUT2D eigenvalue weighted by molar-refractivity contribution is -0.171. The van der Waals surface area contributed by atoms with Crippen molar-refractivity contribution in [3.8, 4) is 11.5 Å². The number of hydrogen-bond acceptors (Lipinski definition) is 20. The first-order valence-electron chi connectivity index (χ1n) is 26.6. The number of nitrogens with zero attached hydrogens (tertiary/aromatic N) is 4. The smallest absolute Gasteiger partial charge is 0.390 e. The minimum atomic E-state index is -4.40. The average molecular weight is 1150 g/mol. The van der Waals surface area contributed by atoms with Gasteiger partial charge in [0, 0.05) is 97.8 Å². The van der Waals surface area contributed by atoms with E-state index in [1.165, 1.54) is 37.7 Å². The van der Waals surface area contributed by atoms with Crippen molar-refractivity contribution in [3.63, 3.8) is 0 Å². The van der Waals surface area contributed by atoms with Crippen LogP contribution in [-0.2, 0) is 54.7 Å². The first-order valence-corrected chi connectivity index (χ1v) is 26.6. The summed E-state index contributed by atoms with van der Waals surface area (Å²) in [5, 5.41) is 97.6. The molecule has 22 nitrogen and oxygen atoms in total. The second-order valence-corrected chi connectivity index (χ2v) is 24.6. The number of hydrogen-bond donors (Lipinski definition) is 12. The molecule has 82 heavy (non-hydrogen) atoms. The molecule has 14 N–H and O–H groups in total. The van der Waals surface area contributed by atoms with Crippen molar-refractivity contribution in [2.45, 2.75) is 121 Å². The number of primary amides is 2. The summed E-state index contributed by atoms with van der Waals surface area (Å²) >= 11 is 0. The zero-order valence-corrected chi connectivity index (χ0v) is 48.2. The summed E-state index contributed by atoms with van der Waals surface area (Å²) in [6.45, 7) is 8.89. The number of ketones is 4. The number of phenolic OH excluding ortho intramolecular Hbond substituents is 2. The van der Waals surface area contributed by atoms with Crippen molar-refractivity contribution >= 4 is 57.8 Å². The second-order valence-electron chi connectivity index (χ2n) is 24.6. The fourth-order valence-corrected chi connectivity index (χ4v) is 13.4. The minimum Gasteiger partial charge on any atom is -0.508 e. The van der Waals surface area contributed by atoms with Gasteiger partial charge in [0.1, 0.15) is 45.7 Å². The largest absolute Gasteiger partial charge is 0.508 e. The summed E-state index contributed by atoms with van der Waals surface area (Å²) in [5.74, 6) is -13.1. The van der Waals surface area contributed by atoms with Crippen LogP contribution >= 0.6 is 0 Å². The first kappa shape index (κ1) is 62.6. The number of aliphatic hydroxyl groups excluding tert-OH is 4. The van der Waals surface area contributed by atoms with Gasteiger partial charge >= 0.3 is 6.18 Å². The van der Waals surface area contributed by atoms with Crippen LogP contribution in [0.25, 0.3) is 11.5 Å². The number of nitrogens with two attached hydrogens (primary N) is 2. The fraction of sp³-hybridized carbons (Fsp3) is 0.544. The van der Waals surface area contributed by atoms with Gasteiger partial charge in [-0.05, 0) is 117 Å². The molecule has 6 aliphatic carbocycles. The predicted molar refractivity (Wildman–Crippen MR) is 295 cm³/mol. The van der Waals surface area contributed by atoms with Crippen LogP contribution < -0.4 is 31.9 Å². The Morgan fingerprint density at radius 1 is 0.707 bits per heavy atom. The molecular weight excluding hydrogens is 1080 g/mol. The Hall–Kier alpha value is -7.03. The number of rotatable bonds is 12. The van der Waals surface area contributed by atoms with E-state index in [1.807, 2.05) is 45.8 Å². The third kappa shape index (κ3) is 9.94. The number of anilines is 2.